The third kappa shape index (κ3) is 2.25. The Morgan fingerprint density at radius 2 is 2.05 bits per heavy atom. The average Bonchev–Trinajstić information content (AvgIpc) is 2.47. The molecule has 0 aromatic carbocycles. The van der Waals surface area contributed by atoms with E-state index in [1.54, 1.807) is 0 Å². The summed E-state index contributed by atoms with van der Waals surface area (Å²) in [5, 5.41) is 3.08. The van der Waals surface area contributed by atoms with E-state index in [1.807, 2.05) is 7.05 Å². The van der Waals surface area contributed by atoms with Gasteiger partial charge in [0.15, 0.2) is 5.78 Å². The minimum absolute atomic E-state index is 0.175. The molecule has 108 valence electrons. The van der Waals surface area contributed by atoms with E-state index in [9.17, 15) is 4.79 Å². The van der Waals surface area contributed by atoms with Crippen LogP contribution in [0.15, 0.2) is 0 Å². The van der Waals surface area contributed by atoms with E-state index in [2.05, 4.69) is 22.1 Å². The van der Waals surface area contributed by atoms with Gasteiger partial charge >= 0.3 is 0 Å². The Hall–Kier alpha value is -1.65. The van der Waals surface area contributed by atoms with Crippen molar-refractivity contribution in [3.8, 4) is 0 Å². The van der Waals surface area contributed by atoms with Crippen molar-refractivity contribution in [2.45, 2.75) is 51.5 Å². The van der Waals surface area contributed by atoms with Crippen LogP contribution in [0.25, 0.3) is 0 Å². The van der Waals surface area contributed by atoms with Crippen LogP contribution in [0.2, 0.25) is 0 Å². The number of aromatic nitrogens is 2. The van der Waals surface area contributed by atoms with E-state index in [1.165, 1.54) is 19.3 Å². The molecular weight excluding hydrogens is 252 g/mol. The molecule has 0 unspecified atom stereocenters. The summed E-state index contributed by atoms with van der Waals surface area (Å²) in [6.07, 6.45) is 6.06. The quantitative estimate of drug-likeness (QED) is 0.897. The lowest BCUT2D eigenvalue weighted by Crippen LogP contribution is -2.39. The standard InChI is InChI=1S/C15H22N4O/c1-10-6-3-4-9-19(10)15-17-11-7-5-8-12(20)13(11)14(16-2)18-15/h10H,3-9H2,1-2H3,(H,16,17,18)/t10-/m1/s1. The van der Waals surface area contributed by atoms with Crippen molar-refractivity contribution in [3.05, 3.63) is 11.3 Å². The Morgan fingerprint density at radius 3 is 2.80 bits per heavy atom. The number of carbonyl (C=O) groups excluding carboxylic acids is 1. The smallest absolute Gasteiger partial charge is 0.227 e. The first-order chi connectivity index (χ1) is 9.70. The van der Waals surface area contributed by atoms with Gasteiger partial charge in [-0.15, -0.1) is 0 Å². The molecule has 1 atom stereocenters. The zero-order valence-corrected chi connectivity index (χ0v) is 12.3. The molecule has 20 heavy (non-hydrogen) atoms. The summed E-state index contributed by atoms with van der Waals surface area (Å²) in [4.78, 5) is 23.7. The van der Waals surface area contributed by atoms with Crippen LogP contribution in [0.3, 0.4) is 0 Å². The number of anilines is 2. The van der Waals surface area contributed by atoms with Crippen molar-refractivity contribution in [3.63, 3.8) is 0 Å². The van der Waals surface area contributed by atoms with E-state index in [0.717, 1.165) is 31.0 Å². The summed E-state index contributed by atoms with van der Waals surface area (Å²) in [6.45, 7) is 3.24. The minimum atomic E-state index is 0.175. The lowest BCUT2D eigenvalue weighted by Gasteiger charge is -2.34. The van der Waals surface area contributed by atoms with Crippen LogP contribution >= 0.6 is 0 Å². The predicted octanol–water partition coefficient (Wildman–Crippen LogP) is 2.42. The number of nitrogens with zero attached hydrogens (tertiary/aromatic N) is 3. The van der Waals surface area contributed by atoms with Gasteiger partial charge in [-0.05, 0) is 39.0 Å². The van der Waals surface area contributed by atoms with Crippen LogP contribution in [-0.4, -0.2) is 35.4 Å². The first-order valence-electron chi connectivity index (χ1n) is 7.59. The maximum atomic E-state index is 12.1. The molecule has 0 saturated carbocycles. The van der Waals surface area contributed by atoms with Crippen molar-refractivity contribution in [1.29, 1.82) is 0 Å². The van der Waals surface area contributed by atoms with Crippen LogP contribution < -0.4 is 10.2 Å². The molecule has 1 aromatic rings. The van der Waals surface area contributed by atoms with Gasteiger partial charge in [0.25, 0.3) is 0 Å². The number of hydrogen-bond acceptors (Lipinski definition) is 5. The molecule has 5 heteroatoms. The Kier molecular flexibility index (Phi) is 3.59. The first-order valence-corrected chi connectivity index (χ1v) is 7.59. The van der Waals surface area contributed by atoms with Gasteiger partial charge in [-0.1, -0.05) is 0 Å². The van der Waals surface area contributed by atoms with Crippen molar-refractivity contribution >= 4 is 17.5 Å². The molecule has 0 bridgehead atoms. The third-order valence-corrected chi connectivity index (χ3v) is 4.37. The Labute approximate surface area is 119 Å². The SMILES string of the molecule is CNc1nc(N2CCCC[C@H]2C)nc2c1C(=O)CCC2. The highest BCUT2D eigenvalue weighted by molar-refractivity contribution is 6.02. The summed E-state index contributed by atoms with van der Waals surface area (Å²) in [5.41, 5.74) is 1.64. The largest absolute Gasteiger partial charge is 0.372 e. The fourth-order valence-electron chi connectivity index (χ4n) is 3.21. The van der Waals surface area contributed by atoms with E-state index >= 15 is 0 Å². The van der Waals surface area contributed by atoms with Crippen molar-refractivity contribution < 1.29 is 4.79 Å². The van der Waals surface area contributed by atoms with Crippen molar-refractivity contribution in [2.75, 3.05) is 23.8 Å². The number of carbonyl (C=O) groups is 1. The van der Waals surface area contributed by atoms with Gasteiger partial charge in [0.2, 0.25) is 5.95 Å². The van der Waals surface area contributed by atoms with Gasteiger partial charge in [-0.3, -0.25) is 4.79 Å². The molecule has 1 aromatic heterocycles. The summed E-state index contributed by atoms with van der Waals surface area (Å²) in [7, 11) is 1.83. The Bertz CT molecular complexity index is 512. The third-order valence-electron chi connectivity index (χ3n) is 4.37. The zero-order valence-electron chi connectivity index (χ0n) is 12.3. The zero-order chi connectivity index (χ0) is 14.1. The van der Waals surface area contributed by atoms with E-state index in [-0.39, 0.29) is 5.78 Å². The molecule has 2 heterocycles. The monoisotopic (exact) mass is 274 g/mol. The second-order valence-electron chi connectivity index (χ2n) is 5.76. The maximum absolute atomic E-state index is 12.1. The molecule has 1 aliphatic carbocycles. The van der Waals surface area contributed by atoms with E-state index < -0.39 is 0 Å². The van der Waals surface area contributed by atoms with Gasteiger partial charge in [0.05, 0.1) is 11.3 Å². The van der Waals surface area contributed by atoms with Crippen LogP contribution in [0.4, 0.5) is 11.8 Å². The number of rotatable bonds is 2. The van der Waals surface area contributed by atoms with E-state index in [4.69, 9.17) is 4.98 Å². The molecule has 0 radical (unpaired) electrons. The Morgan fingerprint density at radius 1 is 1.20 bits per heavy atom. The molecule has 2 aliphatic rings. The fraction of sp³-hybridized carbons (Fsp3) is 0.667. The van der Waals surface area contributed by atoms with Gasteiger partial charge < -0.3 is 10.2 Å². The van der Waals surface area contributed by atoms with Crippen LogP contribution in [0.5, 0.6) is 0 Å². The highest BCUT2D eigenvalue weighted by atomic mass is 16.1. The molecule has 1 aliphatic heterocycles. The fourth-order valence-corrected chi connectivity index (χ4v) is 3.21. The minimum Gasteiger partial charge on any atom is -0.372 e. The number of Topliss-reactive ketones (excluding diaryl/α,β-unsaturated/α-hetero) is 1. The number of aryl methyl sites for hydroxylation is 1. The topological polar surface area (TPSA) is 58.1 Å². The maximum Gasteiger partial charge on any atom is 0.227 e. The lowest BCUT2D eigenvalue weighted by atomic mass is 9.95. The van der Waals surface area contributed by atoms with Crippen LogP contribution in [0, 0.1) is 0 Å². The first kappa shape index (κ1) is 13.3. The predicted molar refractivity (Wildman–Crippen MR) is 79.5 cm³/mol. The summed E-state index contributed by atoms with van der Waals surface area (Å²) < 4.78 is 0. The molecular formula is C15H22N4O. The van der Waals surface area contributed by atoms with E-state index in [0.29, 0.717) is 23.8 Å². The molecule has 0 amide bonds. The Balaban J connectivity index is 2.02. The molecule has 1 fully saturated rings. The van der Waals surface area contributed by atoms with Crippen molar-refractivity contribution in [1.82, 2.24) is 9.97 Å². The normalized spacial score (nSPS) is 22.6. The number of fused-ring (bicyclic) bond motifs is 1. The number of hydrogen-bond donors (Lipinski definition) is 1. The molecule has 1 saturated heterocycles. The highest BCUT2D eigenvalue weighted by Crippen LogP contribution is 2.29. The van der Waals surface area contributed by atoms with Crippen LogP contribution in [0.1, 0.15) is 55.1 Å². The van der Waals surface area contributed by atoms with Gasteiger partial charge in [-0.25, -0.2) is 4.98 Å². The van der Waals surface area contributed by atoms with Crippen LogP contribution in [-0.2, 0) is 6.42 Å². The van der Waals surface area contributed by atoms with Crippen molar-refractivity contribution in [2.24, 2.45) is 0 Å². The molecule has 0 spiro atoms. The second kappa shape index (κ2) is 5.38. The average molecular weight is 274 g/mol. The highest BCUT2D eigenvalue weighted by Gasteiger charge is 2.27. The lowest BCUT2D eigenvalue weighted by molar-refractivity contribution is 0.0972. The number of ketones is 1. The van der Waals surface area contributed by atoms with Gasteiger partial charge in [0.1, 0.15) is 5.82 Å². The molecule has 3 rings (SSSR count). The number of piperidine rings is 1. The second-order valence-corrected chi connectivity index (χ2v) is 5.76. The summed E-state index contributed by atoms with van der Waals surface area (Å²) in [6, 6.07) is 0.478. The molecule has 5 nitrogen and oxygen atoms in total. The summed E-state index contributed by atoms with van der Waals surface area (Å²) >= 11 is 0. The van der Waals surface area contributed by atoms with Gasteiger partial charge in [-0.2, -0.15) is 4.98 Å². The number of nitrogens with one attached hydrogen (secondary N) is 1. The molecule has 1 N–H and O–H groups in total. The van der Waals surface area contributed by atoms with Gasteiger partial charge in [0, 0.05) is 26.1 Å². The summed E-state index contributed by atoms with van der Waals surface area (Å²) in [5.74, 6) is 1.66.